The van der Waals surface area contributed by atoms with Crippen LogP contribution >= 0.6 is 0 Å². The molecule has 0 bridgehead atoms. The van der Waals surface area contributed by atoms with Crippen LogP contribution in [0.5, 0.6) is 0 Å². The second-order valence-corrected chi connectivity index (χ2v) is 12.6. The molecule has 1 radical (unpaired) electrons. The van der Waals surface area contributed by atoms with Crippen molar-refractivity contribution < 1.29 is 13.7 Å². The zero-order chi connectivity index (χ0) is 34.8. The number of hydrogen-bond donors (Lipinski definition) is 3. The number of fused-ring (bicyclic) bond motifs is 2. The zero-order valence-corrected chi connectivity index (χ0v) is 27.5. The van der Waals surface area contributed by atoms with Crippen molar-refractivity contribution in [2.45, 2.75) is 44.3 Å². The van der Waals surface area contributed by atoms with Gasteiger partial charge in [0.05, 0.1) is 17.3 Å². The Bertz CT molecular complexity index is 2130. The summed E-state index contributed by atoms with van der Waals surface area (Å²) in [6.45, 7) is 2.42. The Kier molecular flexibility index (Phi) is 9.48. The summed E-state index contributed by atoms with van der Waals surface area (Å²) in [6, 6.07) is 16.0. The number of pyridine rings is 1. The molecule has 257 valence electrons. The standard InChI is InChI=1S/C36H37F2N9O3/c1-39-14-15-40-19-23-5-7-24(8-6-23)25-3-2-4-29(17-25)46-33-30(18-26(37)20-41-33)35(49)47(36(46)50)28-11-9-27(10-12-28)42-34(48)31-21-44-22-45(38)16-13-32(44)43-31/h2-8,13,16-18,20-21,27-28,39-40H,9-12,14-15,19,22H2,1H3,(H,42,48)/q+1. The number of amidine groups is 1. The Morgan fingerprint density at radius 3 is 2.60 bits per heavy atom. The number of aromatic nitrogens is 3. The van der Waals surface area contributed by atoms with Crippen molar-refractivity contribution in [2.75, 3.05) is 26.8 Å². The molecule has 1 fully saturated rings. The molecular formula is C36H37F2N9O3+. The van der Waals surface area contributed by atoms with Gasteiger partial charge in [0, 0.05) is 44.0 Å². The van der Waals surface area contributed by atoms with E-state index in [9.17, 15) is 23.3 Å². The maximum Gasteiger partial charge on any atom is 0.337 e. The lowest BCUT2D eigenvalue weighted by Crippen LogP contribution is -2.45. The average molecular weight is 682 g/mol. The molecular weight excluding hydrogens is 644 g/mol. The van der Waals surface area contributed by atoms with E-state index in [1.165, 1.54) is 27.6 Å². The Hall–Kier alpha value is -5.31. The van der Waals surface area contributed by atoms with E-state index >= 15 is 0 Å². The average Bonchev–Trinajstić information content (AvgIpc) is 3.55. The van der Waals surface area contributed by atoms with Gasteiger partial charge in [-0.25, -0.2) is 18.7 Å². The fourth-order valence-electron chi connectivity index (χ4n) is 6.69. The first-order chi connectivity index (χ1) is 24.3. The van der Waals surface area contributed by atoms with Crippen LogP contribution in [0.15, 0.2) is 99.5 Å². The maximum absolute atomic E-state index is 14.5. The fraction of sp³-hybridized carbons (Fsp3) is 0.306. The number of hydrogen-bond acceptors (Lipinski definition) is 9. The third kappa shape index (κ3) is 6.77. The summed E-state index contributed by atoms with van der Waals surface area (Å²) >= 11 is 0. The number of nitrogens with zero attached hydrogens (tertiary/aromatic N) is 6. The molecule has 14 heteroatoms. The van der Waals surface area contributed by atoms with Gasteiger partial charge in [-0.2, -0.15) is 10.1 Å². The quantitative estimate of drug-likeness (QED) is 0.133. The molecule has 4 aromatic rings. The van der Waals surface area contributed by atoms with E-state index in [-0.39, 0.29) is 35.3 Å². The van der Waals surface area contributed by atoms with Crippen molar-refractivity contribution in [1.29, 1.82) is 0 Å². The highest BCUT2D eigenvalue weighted by Gasteiger charge is 2.36. The summed E-state index contributed by atoms with van der Waals surface area (Å²) in [4.78, 5) is 51.1. The molecule has 1 saturated carbocycles. The highest BCUT2D eigenvalue weighted by atomic mass is 19.2. The minimum atomic E-state index is -0.678. The van der Waals surface area contributed by atoms with E-state index < -0.39 is 23.1 Å². The molecule has 0 spiro atoms. The third-order valence-electron chi connectivity index (χ3n) is 9.27. The highest BCUT2D eigenvalue weighted by molar-refractivity contribution is 6.05. The van der Waals surface area contributed by atoms with Crippen LogP contribution in [0.25, 0.3) is 27.8 Å². The third-order valence-corrected chi connectivity index (χ3v) is 9.27. The number of amides is 1. The van der Waals surface area contributed by atoms with Crippen LogP contribution in [0.1, 0.15) is 37.3 Å². The van der Waals surface area contributed by atoms with Crippen LogP contribution in [-0.4, -0.2) is 63.8 Å². The van der Waals surface area contributed by atoms with Crippen molar-refractivity contribution in [1.82, 2.24) is 40.1 Å². The monoisotopic (exact) mass is 681 g/mol. The summed E-state index contributed by atoms with van der Waals surface area (Å²) in [5, 5.41) is 9.98. The maximum atomic E-state index is 14.5. The number of rotatable bonds is 10. The molecule has 2 aromatic heterocycles. The van der Waals surface area contributed by atoms with E-state index in [1.807, 2.05) is 37.4 Å². The Balaban J connectivity index is 1.13. The Labute approximate surface area is 286 Å². The van der Waals surface area contributed by atoms with Crippen LogP contribution < -0.4 is 32.1 Å². The zero-order valence-electron chi connectivity index (χ0n) is 27.5. The Morgan fingerprint density at radius 2 is 1.82 bits per heavy atom. The fourth-order valence-corrected chi connectivity index (χ4v) is 6.69. The summed E-state index contributed by atoms with van der Waals surface area (Å²) in [6.07, 6.45) is 7.12. The highest BCUT2D eigenvalue weighted by Crippen LogP contribution is 2.29. The van der Waals surface area contributed by atoms with Crippen molar-refractivity contribution in [3.05, 3.63) is 117 Å². The molecule has 0 saturated heterocycles. The van der Waals surface area contributed by atoms with Crippen molar-refractivity contribution in [3.63, 3.8) is 0 Å². The van der Waals surface area contributed by atoms with E-state index in [0.29, 0.717) is 42.3 Å². The van der Waals surface area contributed by atoms with E-state index in [4.69, 9.17) is 0 Å². The number of aliphatic imine (C=N–C) groups is 1. The van der Waals surface area contributed by atoms with Crippen LogP contribution in [0, 0.1) is 5.82 Å². The van der Waals surface area contributed by atoms with E-state index in [0.717, 1.165) is 48.6 Å². The van der Waals surface area contributed by atoms with E-state index in [2.05, 4.69) is 38.1 Å². The van der Waals surface area contributed by atoms with Gasteiger partial charge in [-0.1, -0.05) is 45.8 Å². The summed E-state index contributed by atoms with van der Waals surface area (Å²) in [5.41, 5.74) is 2.55. The molecule has 3 N–H and O–H groups in total. The summed E-state index contributed by atoms with van der Waals surface area (Å²) < 4.78 is 30.7. The van der Waals surface area contributed by atoms with Gasteiger partial charge in [-0.05, 0) is 67.6 Å². The second-order valence-electron chi connectivity index (χ2n) is 12.6. The molecule has 50 heavy (non-hydrogen) atoms. The van der Waals surface area contributed by atoms with Crippen molar-refractivity contribution >= 4 is 22.8 Å². The molecule has 2 aliphatic heterocycles. The van der Waals surface area contributed by atoms with Gasteiger partial charge in [-0.3, -0.25) is 14.2 Å². The normalized spacial score (nSPS) is 19.0. The van der Waals surface area contributed by atoms with Gasteiger partial charge in [0.2, 0.25) is 6.67 Å². The number of carbonyl (C=O) groups excluding carboxylic acids is 1. The first-order valence-electron chi connectivity index (χ1n) is 16.7. The van der Waals surface area contributed by atoms with Gasteiger partial charge in [0.15, 0.2) is 17.5 Å². The number of benzene rings is 2. The molecule has 0 unspecified atom stereocenters. The lowest BCUT2D eigenvalue weighted by atomic mass is 9.90. The number of likely N-dealkylation sites (N-methyl/N-ethyl adjacent to an activating group) is 1. The molecule has 12 nitrogen and oxygen atoms in total. The van der Waals surface area contributed by atoms with Crippen LogP contribution in [-0.2, 0) is 11.3 Å². The predicted molar refractivity (Wildman–Crippen MR) is 187 cm³/mol. The number of nitrogens with one attached hydrogen (secondary N) is 3. The number of carbonyl (C=O) groups is 1. The first kappa shape index (κ1) is 33.2. The molecule has 3 aliphatic rings. The van der Waals surface area contributed by atoms with Gasteiger partial charge < -0.3 is 16.0 Å². The molecule has 7 rings (SSSR count). The molecule has 4 heterocycles. The van der Waals surface area contributed by atoms with Crippen LogP contribution in [0.3, 0.4) is 0 Å². The molecule has 1 aliphatic carbocycles. The van der Waals surface area contributed by atoms with E-state index in [1.54, 1.807) is 11.0 Å². The molecule has 2 aromatic carbocycles. The lowest BCUT2D eigenvalue weighted by molar-refractivity contribution is -0.118. The predicted octanol–water partition coefficient (Wildman–Crippen LogP) is 3.33. The second kappa shape index (κ2) is 14.3. The van der Waals surface area contributed by atoms with Gasteiger partial charge in [0.1, 0.15) is 5.82 Å². The molecule has 0 atom stereocenters. The summed E-state index contributed by atoms with van der Waals surface area (Å²) in [7, 11) is 1.91. The Morgan fingerprint density at radius 1 is 1.02 bits per heavy atom. The van der Waals surface area contributed by atoms with Gasteiger partial charge in [-0.15, -0.1) is 0 Å². The van der Waals surface area contributed by atoms with Crippen LogP contribution in [0.4, 0.5) is 8.87 Å². The SMILES string of the molecule is CNCCNCc1ccc(-c2cccc(-n3c(=O)n(C4CCC(NC(=O)C5=C[N+]6CN(F)C=CC6=N5)CC4)c(=O)c4cc(F)cnc43)c2)cc1. The van der Waals surface area contributed by atoms with Crippen LogP contribution in [0.2, 0.25) is 0 Å². The van der Waals surface area contributed by atoms with Gasteiger partial charge in [0.25, 0.3) is 17.3 Å². The minimum Gasteiger partial charge on any atom is -0.348 e. The lowest BCUT2D eigenvalue weighted by Gasteiger charge is -2.30. The first-order valence-corrected chi connectivity index (χ1v) is 16.7. The topological polar surface area (TPSA) is 132 Å². The van der Waals surface area contributed by atoms with Gasteiger partial charge >= 0.3 is 5.69 Å². The summed E-state index contributed by atoms with van der Waals surface area (Å²) in [5.74, 6) is -0.572. The smallest absolute Gasteiger partial charge is 0.337 e. The van der Waals surface area contributed by atoms with Crippen molar-refractivity contribution in [3.8, 4) is 16.8 Å². The minimum absolute atomic E-state index is 0.00481. The van der Waals surface area contributed by atoms with Crippen molar-refractivity contribution in [2.24, 2.45) is 4.99 Å². The number of halogens is 2. The largest absolute Gasteiger partial charge is 0.348 e. The molecule has 1 amide bonds.